The summed E-state index contributed by atoms with van der Waals surface area (Å²) in [6, 6.07) is 15.3. The number of hydrogen-bond acceptors (Lipinski definition) is 4. The van der Waals surface area contributed by atoms with Gasteiger partial charge in [0.15, 0.2) is 5.58 Å². The molecule has 2 aliphatic rings. The monoisotopic (exact) mass is 375 g/mol. The number of piperazine rings is 1. The van der Waals surface area contributed by atoms with E-state index in [-0.39, 0.29) is 5.91 Å². The SMILES string of the molecule is Cc1ccc2oc(N3CCN(C(=O)Cc4ccc(C5CC5)cc4)CC3)nc2c1. The highest BCUT2D eigenvalue weighted by molar-refractivity contribution is 5.79. The van der Waals surface area contributed by atoms with Crippen molar-refractivity contribution in [2.45, 2.75) is 32.1 Å². The topological polar surface area (TPSA) is 49.6 Å². The fourth-order valence-corrected chi connectivity index (χ4v) is 3.92. The predicted molar refractivity (Wildman–Crippen MR) is 110 cm³/mol. The summed E-state index contributed by atoms with van der Waals surface area (Å²) in [5, 5.41) is 0. The van der Waals surface area contributed by atoms with Crippen molar-refractivity contribution in [3.63, 3.8) is 0 Å². The molecule has 1 amide bonds. The van der Waals surface area contributed by atoms with Crippen LogP contribution in [-0.4, -0.2) is 42.0 Å². The lowest BCUT2D eigenvalue weighted by atomic mass is 10.1. The number of anilines is 1. The van der Waals surface area contributed by atoms with E-state index in [0.29, 0.717) is 25.5 Å². The zero-order valence-electron chi connectivity index (χ0n) is 16.2. The maximum absolute atomic E-state index is 12.7. The molecule has 2 heterocycles. The number of aryl methyl sites for hydroxylation is 1. The highest BCUT2D eigenvalue weighted by Gasteiger charge is 2.25. The van der Waals surface area contributed by atoms with Gasteiger partial charge < -0.3 is 14.2 Å². The molecule has 0 unspecified atom stereocenters. The summed E-state index contributed by atoms with van der Waals surface area (Å²) in [6.07, 6.45) is 3.09. The summed E-state index contributed by atoms with van der Waals surface area (Å²) >= 11 is 0. The molecule has 0 N–H and O–H groups in total. The van der Waals surface area contributed by atoms with E-state index in [9.17, 15) is 4.79 Å². The Morgan fingerprint density at radius 2 is 1.82 bits per heavy atom. The molecule has 1 saturated carbocycles. The van der Waals surface area contributed by atoms with Gasteiger partial charge in [-0.3, -0.25) is 4.79 Å². The average molecular weight is 375 g/mol. The van der Waals surface area contributed by atoms with Gasteiger partial charge in [-0.1, -0.05) is 30.3 Å². The van der Waals surface area contributed by atoms with Crippen molar-refractivity contribution >= 4 is 23.0 Å². The van der Waals surface area contributed by atoms with Crippen LogP contribution in [0.1, 0.15) is 35.4 Å². The van der Waals surface area contributed by atoms with Gasteiger partial charge in [0.1, 0.15) is 5.52 Å². The van der Waals surface area contributed by atoms with Gasteiger partial charge in [0.05, 0.1) is 6.42 Å². The van der Waals surface area contributed by atoms with E-state index in [4.69, 9.17) is 4.42 Å². The van der Waals surface area contributed by atoms with Gasteiger partial charge >= 0.3 is 0 Å². The first-order chi connectivity index (χ1) is 13.7. The Balaban J connectivity index is 1.19. The summed E-state index contributed by atoms with van der Waals surface area (Å²) in [5.41, 5.74) is 5.40. The van der Waals surface area contributed by atoms with Crippen LogP contribution < -0.4 is 4.90 Å². The smallest absolute Gasteiger partial charge is 0.298 e. The minimum Gasteiger partial charge on any atom is -0.423 e. The zero-order valence-corrected chi connectivity index (χ0v) is 16.2. The molecule has 1 aliphatic heterocycles. The van der Waals surface area contributed by atoms with E-state index in [2.05, 4.69) is 41.1 Å². The van der Waals surface area contributed by atoms with Gasteiger partial charge in [0.25, 0.3) is 6.01 Å². The molecule has 0 atom stereocenters. The molecule has 1 aromatic heterocycles. The molecule has 3 aromatic rings. The molecule has 0 bridgehead atoms. The highest BCUT2D eigenvalue weighted by atomic mass is 16.4. The Kier molecular flexibility index (Phi) is 4.30. The first-order valence-electron chi connectivity index (χ1n) is 10.1. The van der Waals surface area contributed by atoms with Crippen molar-refractivity contribution in [2.75, 3.05) is 31.1 Å². The molecular formula is C23H25N3O2. The van der Waals surface area contributed by atoms with E-state index < -0.39 is 0 Å². The summed E-state index contributed by atoms with van der Waals surface area (Å²) in [6.45, 7) is 4.96. The molecule has 2 fully saturated rings. The number of amides is 1. The Labute approximate surface area is 165 Å². The van der Waals surface area contributed by atoms with Crippen LogP contribution in [0, 0.1) is 6.92 Å². The lowest BCUT2D eigenvalue weighted by molar-refractivity contribution is -0.130. The van der Waals surface area contributed by atoms with E-state index in [1.807, 2.05) is 23.1 Å². The van der Waals surface area contributed by atoms with Crippen LogP contribution in [0.5, 0.6) is 0 Å². The second-order valence-corrected chi connectivity index (χ2v) is 8.03. The van der Waals surface area contributed by atoms with E-state index in [0.717, 1.165) is 35.7 Å². The number of oxazole rings is 1. The quantitative estimate of drug-likeness (QED) is 0.694. The fraction of sp³-hybridized carbons (Fsp3) is 0.391. The zero-order chi connectivity index (χ0) is 19.1. The largest absolute Gasteiger partial charge is 0.423 e. The van der Waals surface area contributed by atoms with Crippen LogP contribution in [0.4, 0.5) is 6.01 Å². The normalized spacial score (nSPS) is 17.3. The third-order valence-corrected chi connectivity index (χ3v) is 5.82. The van der Waals surface area contributed by atoms with E-state index in [1.54, 1.807) is 0 Å². The maximum atomic E-state index is 12.7. The Hall–Kier alpha value is -2.82. The van der Waals surface area contributed by atoms with Crippen LogP contribution in [0.25, 0.3) is 11.1 Å². The van der Waals surface area contributed by atoms with Crippen molar-refractivity contribution in [3.05, 3.63) is 59.2 Å². The predicted octanol–water partition coefficient (Wildman–Crippen LogP) is 3.90. The molecule has 5 heteroatoms. The lowest BCUT2D eigenvalue weighted by Crippen LogP contribution is -2.49. The summed E-state index contributed by atoms with van der Waals surface area (Å²) in [5.74, 6) is 0.959. The first-order valence-corrected chi connectivity index (χ1v) is 10.1. The van der Waals surface area contributed by atoms with Crippen LogP contribution in [-0.2, 0) is 11.2 Å². The van der Waals surface area contributed by atoms with Gasteiger partial charge in [-0.15, -0.1) is 0 Å². The average Bonchev–Trinajstić information content (AvgIpc) is 3.48. The van der Waals surface area contributed by atoms with Crippen molar-refractivity contribution in [2.24, 2.45) is 0 Å². The summed E-state index contributed by atoms with van der Waals surface area (Å²) in [7, 11) is 0. The van der Waals surface area contributed by atoms with Crippen molar-refractivity contribution in [1.82, 2.24) is 9.88 Å². The van der Waals surface area contributed by atoms with Crippen LogP contribution in [0.3, 0.4) is 0 Å². The second kappa shape index (κ2) is 6.97. The molecule has 28 heavy (non-hydrogen) atoms. The van der Waals surface area contributed by atoms with Crippen LogP contribution >= 0.6 is 0 Å². The molecule has 5 nitrogen and oxygen atoms in total. The summed E-state index contributed by atoms with van der Waals surface area (Å²) in [4.78, 5) is 21.4. The number of benzene rings is 2. The van der Waals surface area contributed by atoms with Gasteiger partial charge in [-0.25, -0.2) is 0 Å². The van der Waals surface area contributed by atoms with Crippen molar-refractivity contribution in [1.29, 1.82) is 0 Å². The molecule has 1 aliphatic carbocycles. The second-order valence-electron chi connectivity index (χ2n) is 8.03. The standard InChI is InChI=1S/C23H25N3O2/c1-16-2-9-21-20(14-16)24-23(28-21)26-12-10-25(11-13-26)22(27)15-17-3-5-18(6-4-17)19-7-8-19/h2-6,9,14,19H,7-8,10-13,15H2,1H3. The number of nitrogens with zero attached hydrogens (tertiary/aromatic N) is 3. The minimum atomic E-state index is 0.201. The molecule has 2 aromatic carbocycles. The maximum Gasteiger partial charge on any atom is 0.298 e. The Morgan fingerprint density at radius 1 is 1.07 bits per heavy atom. The van der Waals surface area contributed by atoms with Crippen molar-refractivity contribution in [3.8, 4) is 0 Å². The molecule has 0 spiro atoms. The highest BCUT2D eigenvalue weighted by Crippen LogP contribution is 2.39. The minimum absolute atomic E-state index is 0.201. The Morgan fingerprint density at radius 3 is 2.54 bits per heavy atom. The van der Waals surface area contributed by atoms with E-state index in [1.165, 1.54) is 24.0 Å². The molecule has 1 saturated heterocycles. The van der Waals surface area contributed by atoms with Gasteiger partial charge in [0, 0.05) is 26.2 Å². The fourth-order valence-electron chi connectivity index (χ4n) is 3.92. The number of fused-ring (bicyclic) bond motifs is 1. The number of carbonyl (C=O) groups is 1. The molecule has 5 rings (SSSR count). The number of hydrogen-bond donors (Lipinski definition) is 0. The Bertz CT molecular complexity index is 996. The first kappa shape index (κ1) is 17.3. The molecular weight excluding hydrogens is 350 g/mol. The van der Waals surface area contributed by atoms with E-state index >= 15 is 0 Å². The number of carbonyl (C=O) groups excluding carboxylic acids is 1. The molecule has 144 valence electrons. The number of aromatic nitrogens is 1. The van der Waals surface area contributed by atoms with Gasteiger partial charge in [0.2, 0.25) is 5.91 Å². The van der Waals surface area contributed by atoms with Gasteiger partial charge in [-0.2, -0.15) is 4.98 Å². The van der Waals surface area contributed by atoms with Crippen LogP contribution in [0.2, 0.25) is 0 Å². The molecule has 0 radical (unpaired) electrons. The van der Waals surface area contributed by atoms with Gasteiger partial charge in [-0.05, 0) is 54.5 Å². The third-order valence-electron chi connectivity index (χ3n) is 5.82. The van der Waals surface area contributed by atoms with Crippen LogP contribution in [0.15, 0.2) is 46.9 Å². The lowest BCUT2D eigenvalue weighted by Gasteiger charge is -2.33. The summed E-state index contributed by atoms with van der Waals surface area (Å²) < 4.78 is 5.90. The number of rotatable bonds is 4. The third kappa shape index (κ3) is 3.49. The van der Waals surface area contributed by atoms with Crippen molar-refractivity contribution < 1.29 is 9.21 Å².